The van der Waals surface area contributed by atoms with Crippen molar-refractivity contribution in [3.05, 3.63) is 35.4 Å². The zero-order valence-corrected chi connectivity index (χ0v) is 15.0. The van der Waals surface area contributed by atoms with Crippen molar-refractivity contribution in [2.24, 2.45) is 5.92 Å². The van der Waals surface area contributed by atoms with E-state index in [9.17, 15) is 14.7 Å². The summed E-state index contributed by atoms with van der Waals surface area (Å²) in [5, 5.41) is 16.9. The predicted molar refractivity (Wildman–Crippen MR) is 97.5 cm³/mol. The van der Waals surface area contributed by atoms with Crippen LogP contribution in [0, 0.1) is 5.92 Å². The summed E-state index contributed by atoms with van der Waals surface area (Å²) in [4.78, 5) is 26.5. The molecular formula is C20H27N3O3. The third-order valence-electron chi connectivity index (χ3n) is 5.97. The first-order chi connectivity index (χ1) is 12.6. The largest absolute Gasteiger partial charge is 0.378 e. The van der Waals surface area contributed by atoms with Crippen molar-refractivity contribution in [2.45, 2.75) is 43.7 Å². The van der Waals surface area contributed by atoms with Crippen LogP contribution in [0.3, 0.4) is 0 Å². The Hall–Kier alpha value is -1.92. The topological polar surface area (TPSA) is 81.7 Å². The molecule has 26 heavy (non-hydrogen) atoms. The van der Waals surface area contributed by atoms with Crippen LogP contribution in [0.4, 0.5) is 0 Å². The predicted octanol–water partition coefficient (Wildman–Crippen LogP) is 0.924. The molecule has 2 unspecified atom stereocenters. The molecular weight excluding hydrogens is 330 g/mol. The van der Waals surface area contributed by atoms with E-state index < -0.39 is 6.10 Å². The average Bonchev–Trinajstić information content (AvgIpc) is 3.53. The first-order valence-electron chi connectivity index (χ1n) is 9.69. The number of carbonyl (C=O) groups is 2. The molecule has 6 heteroatoms. The SMILES string of the molecule is O=C1CN(C(=O)C(O)c2ccc(C3CC3)cc2)C(C2CCNCC2)CN1. The molecule has 4 rings (SSSR count). The summed E-state index contributed by atoms with van der Waals surface area (Å²) < 4.78 is 0. The van der Waals surface area contributed by atoms with Crippen LogP contribution in [0.1, 0.15) is 48.8 Å². The summed E-state index contributed by atoms with van der Waals surface area (Å²) in [6.45, 7) is 2.37. The molecule has 2 heterocycles. The van der Waals surface area contributed by atoms with Gasteiger partial charge in [0.2, 0.25) is 5.91 Å². The summed E-state index contributed by atoms with van der Waals surface area (Å²) in [6, 6.07) is 7.68. The second kappa shape index (κ2) is 7.37. The van der Waals surface area contributed by atoms with Gasteiger partial charge in [0, 0.05) is 6.54 Å². The number of rotatable bonds is 4. The number of amides is 2. The molecule has 0 radical (unpaired) electrons. The Labute approximate surface area is 153 Å². The molecule has 2 amide bonds. The molecule has 2 atom stereocenters. The van der Waals surface area contributed by atoms with E-state index >= 15 is 0 Å². The van der Waals surface area contributed by atoms with Gasteiger partial charge in [-0.25, -0.2) is 0 Å². The van der Waals surface area contributed by atoms with Gasteiger partial charge in [-0.2, -0.15) is 0 Å². The van der Waals surface area contributed by atoms with Crippen molar-refractivity contribution >= 4 is 11.8 Å². The van der Waals surface area contributed by atoms with Crippen LogP contribution in [0.2, 0.25) is 0 Å². The van der Waals surface area contributed by atoms with E-state index in [1.807, 2.05) is 24.3 Å². The van der Waals surface area contributed by atoms with Crippen molar-refractivity contribution in [3.8, 4) is 0 Å². The van der Waals surface area contributed by atoms with Crippen molar-refractivity contribution in [2.75, 3.05) is 26.2 Å². The number of hydrogen-bond acceptors (Lipinski definition) is 4. The monoisotopic (exact) mass is 357 g/mol. The van der Waals surface area contributed by atoms with Gasteiger partial charge < -0.3 is 20.6 Å². The molecule has 3 aliphatic rings. The van der Waals surface area contributed by atoms with Crippen LogP contribution >= 0.6 is 0 Å². The molecule has 1 saturated carbocycles. The number of nitrogens with zero attached hydrogens (tertiary/aromatic N) is 1. The second-order valence-corrected chi connectivity index (χ2v) is 7.77. The molecule has 2 saturated heterocycles. The summed E-state index contributed by atoms with van der Waals surface area (Å²) in [7, 11) is 0. The highest BCUT2D eigenvalue weighted by atomic mass is 16.3. The Bertz CT molecular complexity index is 665. The van der Waals surface area contributed by atoms with E-state index in [-0.39, 0.29) is 24.4 Å². The smallest absolute Gasteiger partial charge is 0.256 e. The summed E-state index contributed by atoms with van der Waals surface area (Å²) in [5.41, 5.74) is 1.88. The third-order valence-corrected chi connectivity index (χ3v) is 5.97. The standard InChI is InChI=1S/C20H27N3O3/c24-18-12-23(17(11-22-18)15-7-9-21-10-8-15)20(26)19(25)16-5-3-14(4-6-16)13-1-2-13/h3-6,13,15,17,19,21,25H,1-2,7-12H2,(H,22,24). The highest BCUT2D eigenvalue weighted by Crippen LogP contribution is 2.40. The Morgan fingerprint density at radius 2 is 1.81 bits per heavy atom. The number of piperidine rings is 1. The molecule has 1 aliphatic carbocycles. The zero-order chi connectivity index (χ0) is 18.1. The van der Waals surface area contributed by atoms with Crippen LogP contribution in [0.15, 0.2) is 24.3 Å². The minimum atomic E-state index is -1.21. The van der Waals surface area contributed by atoms with Crippen LogP contribution < -0.4 is 10.6 Å². The summed E-state index contributed by atoms with van der Waals surface area (Å²) in [6.07, 6.45) is 3.20. The minimum absolute atomic E-state index is 0.0324. The molecule has 3 fully saturated rings. The van der Waals surface area contributed by atoms with E-state index in [1.54, 1.807) is 4.90 Å². The fourth-order valence-corrected chi connectivity index (χ4v) is 4.21. The minimum Gasteiger partial charge on any atom is -0.378 e. The van der Waals surface area contributed by atoms with Gasteiger partial charge in [-0.3, -0.25) is 9.59 Å². The van der Waals surface area contributed by atoms with E-state index in [2.05, 4.69) is 10.6 Å². The van der Waals surface area contributed by atoms with Crippen molar-refractivity contribution in [3.63, 3.8) is 0 Å². The van der Waals surface area contributed by atoms with Crippen molar-refractivity contribution in [1.82, 2.24) is 15.5 Å². The Morgan fingerprint density at radius 1 is 1.12 bits per heavy atom. The lowest BCUT2D eigenvalue weighted by molar-refractivity contribution is -0.150. The van der Waals surface area contributed by atoms with E-state index in [0.29, 0.717) is 23.9 Å². The molecule has 2 aliphatic heterocycles. The number of carbonyl (C=O) groups excluding carboxylic acids is 2. The summed E-state index contributed by atoms with van der Waals surface area (Å²) in [5.74, 6) is 0.486. The van der Waals surface area contributed by atoms with Gasteiger partial charge in [0.25, 0.3) is 5.91 Å². The fourth-order valence-electron chi connectivity index (χ4n) is 4.21. The average molecular weight is 357 g/mol. The van der Waals surface area contributed by atoms with Crippen LogP contribution in [-0.2, 0) is 9.59 Å². The Balaban J connectivity index is 1.49. The number of aliphatic hydroxyl groups is 1. The first-order valence-corrected chi connectivity index (χ1v) is 9.69. The lowest BCUT2D eigenvalue weighted by atomic mass is 9.87. The Kier molecular flexibility index (Phi) is 4.96. The molecule has 6 nitrogen and oxygen atoms in total. The highest BCUT2D eigenvalue weighted by Gasteiger charge is 2.38. The van der Waals surface area contributed by atoms with Crippen LogP contribution in [0.5, 0.6) is 0 Å². The molecule has 0 aromatic heterocycles. The Morgan fingerprint density at radius 3 is 2.46 bits per heavy atom. The maximum absolute atomic E-state index is 13.0. The molecule has 1 aromatic rings. The van der Waals surface area contributed by atoms with Gasteiger partial charge in [-0.15, -0.1) is 0 Å². The second-order valence-electron chi connectivity index (χ2n) is 7.77. The molecule has 0 bridgehead atoms. The van der Waals surface area contributed by atoms with Crippen molar-refractivity contribution < 1.29 is 14.7 Å². The lowest BCUT2D eigenvalue weighted by Gasteiger charge is -2.42. The number of benzene rings is 1. The quantitative estimate of drug-likeness (QED) is 0.749. The maximum atomic E-state index is 13.0. The maximum Gasteiger partial charge on any atom is 0.256 e. The van der Waals surface area contributed by atoms with Crippen LogP contribution in [0.25, 0.3) is 0 Å². The lowest BCUT2D eigenvalue weighted by Crippen LogP contribution is -2.60. The third kappa shape index (κ3) is 3.62. The van der Waals surface area contributed by atoms with E-state index in [1.165, 1.54) is 18.4 Å². The van der Waals surface area contributed by atoms with Gasteiger partial charge >= 0.3 is 0 Å². The van der Waals surface area contributed by atoms with Gasteiger partial charge in [0.15, 0.2) is 6.10 Å². The van der Waals surface area contributed by atoms with E-state index in [0.717, 1.165) is 25.9 Å². The normalized spacial score (nSPS) is 25.7. The molecule has 0 spiro atoms. The summed E-state index contributed by atoms with van der Waals surface area (Å²) >= 11 is 0. The number of piperazine rings is 1. The van der Waals surface area contributed by atoms with Gasteiger partial charge in [0.05, 0.1) is 12.6 Å². The van der Waals surface area contributed by atoms with Gasteiger partial charge in [0.1, 0.15) is 0 Å². The molecule has 140 valence electrons. The first kappa shape index (κ1) is 17.5. The molecule has 1 aromatic carbocycles. The van der Waals surface area contributed by atoms with E-state index in [4.69, 9.17) is 0 Å². The van der Waals surface area contributed by atoms with Crippen LogP contribution in [-0.4, -0.2) is 54.0 Å². The van der Waals surface area contributed by atoms with Gasteiger partial charge in [-0.05, 0) is 61.7 Å². The van der Waals surface area contributed by atoms with Crippen molar-refractivity contribution in [1.29, 1.82) is 0 Å². The number of nitrogens with one attached hydrogen (secondary N) is 2. The zero-order valence-electron chi connectivity index (χ0n) is 15.0. The fraction of sp³-hybridized carbons (Fsp3) is 0.600. The number of aliphatic hydroxyl groups excluding tert-OH is 1. The highest BCUT2D eigenvalue weighted by molar-refractivity contribution is 5.89. The van der Waals surface area contributed by atoms with Gasteiger partial charge in [-0.1, -0.05) is 24.3 Å². The molecule has 3 N–H and O–H groups in total. The number of hydrogen-bond donors (Lipinski definition) is 3.